The number of nitrogens with two attached hydrogens (primary N) is 1. The van der Waals surface area contributed by atoms with Gasteiger partial charge in [-0.1, -0.05) is 84.0 Å². The van der Waals surface area contributed by atoms with Crippen LogP contribution in [0.15, 0.2) is 0 Å². The van der Waals surface area contributed by atoms with E-state index in [1.807, 2.05) is 0 Å². The van der Waals surface area contributed by atoms with Crippen molar-refractivity contribution in [2.45, 2.75) is 115 Å². The average Bonchev–Trinajstić information content (AvgIpc) is 3.00. The number of thioether (sulfide) groups is 1. The van der Waals surface area contributed by atoms with E-state index >= 15 is 0 Å². The van der Waals surface area contributed by atoms with Crippen molar-refractivity contribution in [3.05, 3.63) is 0 Å². The molecule has 1 aliphatic rings. The molecule has 1 saturated carbocycles. The smallest absolute Gasteiger partial charge is 0.0130 e. The molecule has 0 bridgehead atoms. The Balaban J connectivity index is 1.76. The van der Waals surface area contributed by atoms with Gasteiger partial charge in [0, 0.05) is 17.0 Å². The summed E-state index contributed by atoms with van der Waals surface area (Å²) in [6, 6.07) is 0.449. The summed E-state index contributed by atoms with van der Waals surface area (Å²) in [5.41, 5.74) is 6.24. The number of rotatable bonds is 14. The molecular weight excluding hydrogens is 274 g/mol. The molecule has 0 amide bonds. The molecule has 0 saturated heterocycles. The lowest BCUT2D eigenvalue weighted by Crippen LogP contribution is -2.23. The van der Waals surface area contributed by atoms with E-state index in [0.29, 0.717) is 6.04 Å². The summed E-state index contributed by atoms with van der Waals surface area (Å²) in [6.07, 6.45) is 21.2. The standard InChI is InChI=1S/C19H39NS/c1-2-3-4-5-6-7-8-9-10-11-14-18(20)17-21-19-15-12-13-16-19/h18-19H,2-17,20H2,1H3. The molecule has 2 heteroatoms. The fourth-order valence-electron chi connectivity index (χ4n) is 3.29. The van der Waals surface area contributed by atoms with Crippen molar-refractivity contribution in [3.8, 4) is 0 Å². The van der Waals surface area contributed by atoms with Crippen molar-refractivity contribution < 1.29 is 0 Å². The zero-order valence-electron chi connectivity index (χ0n) is 14.5. The van der Waals surface area contributed by atoms with Crippen LogP contribution in [0.3, 0.4) is 0 Å². The van der Waals surface area contributed by atoms with E-state index in [4.69, 9.17) is 5.73 Å². The largest absolute Gasteiger partial charge is 0.327 e. The van der Waals surface area contributed by atoms with Gasteiger partial charge in [-0.3, -0.25) is 0 Å². The maximum absolute atomic E-state index is 6.24. The third kappa shape index (κ3) is 11.5. The van der Waals surface area contributed by atoms with Crippen LogP contribution in [0.5, 0.6) is 0 Å². The van der Waals surface area contributed by atoms with E-state index in [2.05, 4.69) is 18.7 Å². The number of unbranched alkanes of at least 4 members (excludes halogenated alkanes) is 9. The SMILES string of the molecule is CCCCCCCCCCCCC(N)CSC1CCCC1. The Labute approximate surface area is 138 Å². The second-order valence-electron chi connectivity index (χ2n) is 6.97. The van der Waals surface area contributed by atoms with Gasteiger partial charge < -0.3 is 5.73 Å². The molecule has 1 aliphatic carbocycles. The van der Waals surface area contributed by atoms with Crippen LogP contribution < -0.4 is 5.73 Å². The Bertz CT molecular complexity index is 214. The predicted molar refractivity (Wildman–Crippen MR) is 99.2 cm³/mol. The van der Waals surface area contributed by atoms with Gasteiger partial charge in [-0.15, -0.1) is 0 Å². The molecule has 0 heterocycles. The number of hydrogen-bond donors (Lipinski definition) is 1. The number of hydrogen-bond acceptors (Lipinski definition) is 2. The normalized spacial score (nSPS) is 17.4. The molecular formula is C19H39NS. The Morgan fingerprint density at radius 3 is 1.95 bits per heavy atom. The van der Waals surface area contributed by atoms with Crippen molar-refractivity contribution in [1.29, 1.82) is 0 Å². The minimum Gasteiger partial charge on any atom is -0.327 e. The van der Waals surface area contributed by atoms with Crippen LogP contribution in [0.25, 0.3) is 0 Å². The Morgan fingerprint density at radius 2 is 1.38 bits per heavy atom. The van der Waals surface area contributed by atoms with Crippen molar-refractivity contribution >= 4 is 11.8 Å². The van der Waals surface area contributed by atoms with Crippen LogP contribution in [0, 0.1) is 0 Å². The van der Waals surface area contributed by atoms with Gasteiger partial charge in [-0.2, -0.15) is 11.8 Å². The zero-order valence-corrected chi connectivity index (χ0v) is 15.3. The van der Waals surface area contributed by atoms with Crippen LogP contribution in [0.1, 0.15) is 103 Å². The van der Waals surface area contributed by atoms with Gasteiger partial charge in [0.1, 0.15) is 0 Å². The molecule has 1 fully saturated rings. The highest BCUT2D eigenvalue weighted by Gasteiger charge is 2.16. The minimum atomic E-state index is 0.449. The molecule has 2 N–H and O–H groups in total. The quantitative estimate of drug-likeness (QED) is 0.381. The predicted octanol–water partition coefficient (Wildman–Crippen LogP) is 6.30. The average molecular weight is 314 g/mol. The van der Waals surface area contributed by atoms with Gasteiger partial charge >= 0.3 is 0 Å². The molecule has 0 radical (unpaired) electrons. The highest BCUT2D eigenvalue weighted by Crippen LogP contribution is 2.29. The first-order valence-corrected chi connectivity index (χ1v) is 10.7. The van der Waals surface area contributed by atoms with Gasteiger partial charge in [0.2, 0.25) is 0 Å². The molecule has 1 rings (SSSR count). The van der Waals surface area contributed by atoms with E-state index in [0.717, 1.165) is 5.25 Å². The molecule has 0 aromatic heterocycles. The summed E-state index contributed by atoms with van der Waals surface area (Å²) < 4.78 is 0. The third-order valence-corrected chi connectivity index (χ3v) is 6.34. The molecule has 0 aromatic carbocycles. The van der Waals surface area contributed by atoms with Crippen molar-refractivity contribution in [1.82, 2.24) is 0 Å². The van der Waals surface area contributed by atoms with Gasteiger partial charge in [0.25, 0.3) is 0 Å². The third-order valence-electron chi connectivity index (χ3n) is 4.78. The van der Waals surface area contributed by atoms with E-state index in [-0.39, 0.29) is 0 Å². The lowest BCUT2D eigenvalue weighted by molar-refractivity contribution is 0.535. The van der Waals surface area contributed by atoms with Crippen molar-refractivity contribution in [2.24, 2.45) is 5.73 Å². The molecule has 0 aromatic rings. The maximum atomic E-state index is 6.24. The summed E-state index contributed by atoms with van der Waals surface area (Å²) in [7, 11) is 0. The maximum Gasteiger partial charge on any atom is 0.0130 e. The van der Waals surface area contributed by atoms with Crippen LogP contribution >= 0.6 is 11.8 Å². The van der Waals surface area contributed by atoms with Crippen LogP contribution in [-0.2, 0) is 0 Å². The van der Waals surface area contributed by atoms with Gasteiger partial charge in [0.15, 0.2) is 0 Å². The summed E-state index contributed by atoms with van der Waals surface area (Å²) in [5, 5.41) is 0.934. The van der Waals surface area contributed by atoms with Gasteiger partial charge in [0.05, 0.1) is 0 Å². The van der Waals surface area contributed by atoms with E-state index in [1.165, 1.54) is 102 Å². The lowest BCUT2D eigenvalue weighted by atomic mass is 10.0. The fraction of sp³-hybridized carbons (Fsp3) is 1.00. The highest BCUT2D eigenvalue weighted by molar-refractivity contribution is 7.99. The van der Waals surface area contributed by atoms with Crippen LogP contribution in [0.4, 0.5) is 0 Å². The molecule has 1 unspecified atom stereocenters. The first-order chi connectivity index (χ1) is 10.3. The summed E-state index contributed by atoms with van der Waals surface area (Å²) in [4.78, 5) is 0. The summed E-state index contributed by atoms with van der Waals surface area (Å²) >= 11 is 2.15. The van der Waals surface area contributed by atoms with E-state index < -0.39 is 0 Å². The summed E-state index contributed by atoms with van der Waals surface area (Å²) in [6.45, 7) is 2.29. The molecule has 21 heavy (non-hydrogen) atoms. The fourth-order valence-corrected chi connectivity index (χ4v) is 4.64. The van der Waals surface area contributed by atoms with Crippen molar-refractivity contribution in [2.75, 3.05) is 5.75 Å². The molecule has 1 atom stereocenters. The second-order valence-corrected chi connectivity index (χ2v) is 8.30. The highest BCUT2D eigenvalue weighted by atomic mass is 32.2. The molecule has 126 valence electrons. The van der Waals surface area contributed by atoms with Gasteiger partial charge in [-0.05, 0) is 19.3 Å². The second kappa shape index (κ2) is 13.9. The Kier molecular flexibility index (Phi) is 12.8. The van der Waals surface area contributed by atoms with Crippen LogP contribution in [-0.4, -0.2) is 17.0 Å². The molecule has 0 spiro atoms. The molecule has 0 aliphatic heterocycles. The minimum absolute atomic E-state index is 0.449. The lowest BCUT2D eigenvalue weighted by Gasteiger charge is -2.14. The van der Waals surface area contributed by atoms with Gasteiger partial charge in [-0.25, -0.2) is 0 Å². The van der Waals surface area contributed by atoms with E-state index in [1.54, 1.807) is 0 Å². The van der Waals surface area contributed by atoms with Crippen molar-refractivity contribution in [3.63, 3.8) is 0 Å². The summed E-state index contributed by atoms with van der Waals surface area (Å²) in [5.74, 6) is 1.20. The monoisotopic (exact) mass is 313 g/mol. The Hall–Kier alpha value is 0.310. The van der Waals surface area contributed by atoms with E-state index in [9.17, 15) is 0 Å². The van der Waals surface area contributed by atoms with Crippen LogP contribution in [0.2, 0.25) is 0 Å². The Morgan fingerprint density at radius 1 is 0.857 bits per heavy atom. The zero-order chi connectivity index (χ0) is 15.2. The first kappa shape index (κ1) is 19.4. The topological polar surface area (TPSA) is 26.0 Å². The molecule has 1 nitrogen and oxygen atoms in total. The first-order valence-electron chi connectivity index (χ1n) is 9.70.